The molecule has 0 saturated heterocycles. The van der Waals surface area contributed by atoms with Crippen LogP contribution < -0.4 is 0 Å². The molecule has 0 aliphatic heterocycles. The van der Waals surface area contributed by atoms with E-state index in [9.17, 15) is 4.39 Å². The number of hydrogen-bond acceptors (Lipinski definition) is 1. The Morgan fingerprint density at radius 2 is 1.85 bits per heavy atom. The number of rotatable bonds is 1. The van der Waals surface area contributed by atoms with Crippen LogP contribution in [0.5, 0.6) is 0 Å². The van der Waals surface area contributed by atoms with Gasteiger partial charge in [-0.15, -0.1) is 0 Å². The van der Waals surface area contributed by atoms with E-state index >= 15 is 0 Å². The molecule has 1 aromatic heterocycles. The monoisotopic (exact) mass is 186 g/mol. The van der Waals surface area contributed by atoms with Gasteiger partial charge in [0.1, 0.15) is 5.67 Å². The molecule has 0 unspecified atom stereocenters. The fraction of sp³-hybridized carbons (Fsp3) is 0.700. The van der Waals surface area contributed by atoms with Crippen molar-refractivity contribution in [3.05, 3.63) is 17.5 Å². The molecule has 0 atom stereocenters. The van der Waals surface area contributed by atoms with Crippen molar-refractivity contribution in [2.24, 2.45) is 7.05 Å². The number of alkyl halides is 1. The second-order valence-electron chi connectivity index (χ2n) is 3.27. The topological polar surface area (TPSA) is 17.8 Å². The minimum absolute atomic E-state index is 0.498. The second-order valence-corrected chi connectivity index (χ2v) is 3.27. The predicted molar refractivity (Wildman–Crippen MR) is 53.4 cm³/mol. The van der Waals surface area contributed by atoms with Crippen molar-refractivity contribution < 1.29 is 4.39 Å². The van der Waals surface area contributed by atoms with E-state index in [1.165, 1.54) is 13.8 Å². The highest BCUT2D eigenvalue weighted by Gasteiger charge is 2.22. The van der Waals surface area contributed by atoms with Crippen LogP contribution >= 0.6 is 0 Å². The van der Waals surface area contributed by atoms with Gasteiger partial charge in [-0.2, -0.15) is 5.10 Å². The van der Waals surface area contributed by atoms with Crippen molar-refractivity contribution in [3.8, 4) is 0 Å². The Morgan fingerprint density at radius 3 is 2.00 bits per heavy atom. The molecule has 0 aromatic carbocycles. The lowest BCUT2D eigenvalue weighted by Crippen LogP contribution is -2.10. The van der Waals surface area contributed by atoms with Crippen molar-refractivity contribution in [1.29, 1.82) is 0 Å². The van der Waals surface area contributed by atoms with Crippen molar-refractivity contribution in [2.75, 3.05) is 0 Å². The van der Waals surface area contributed by atoms with Crippen LogP contribution in [0.15, 0.2) is 6.07 Å². The van der Waals surface area contributed by atoms with Crippen LogP contribution in [-0.4, -0.2) is 9.78 Å². The first-order chi connectivity index (χ1) is 5.91. The zero-order chi connectivity index (χ0) is 10.6. The first-order valence-corrected chi connectivity index (χ1v) is 4.61. The molecule has 1 heterocycles. The third kappa shape index (κ3) is 3.17. The van der Waals surface area contributed by atoms with Crippen LogP contribution in [0.4, 0.5) is 4.39 Å². The molecule has 0 spiro atoms. The van der Waals surface area contributed by atoms with Crippen LogP contribution in [0.25, 0.3) is 0 Å². The lowest BCUT2D eigenvalue weighted by atomic mass is 10.1. The summed E-state index contributed by atoms with van der Waals surface area (Å²) in [5.41, 5.74) is 0.148. The fourth-order valence-corrected chi connectivity index (χ4v) is 0.851. The van der Waals surface area contributed by atoms with Crippen LogP contribution in [0.1, 0.15) is 39.1 Å². The SMILES string of the molecule is CC.Cc1cc(C(C)(C)F)nn1C. The summed E-state index contributed by atoms with van der Waals surface area (Å²) in [5.74, 6) is 0. The molecule has 2 nitrogen and oxygen atoms in total. The van der Waals surface area contributed by atoms with Crippen molar-refractivity contribution in [3.63, 3.8) is 0 Å². The summed E-state index contributed by atoms with van der Waals surface area (Å²) in [7, 11) is 1.81. The van der Waals surface area contributed by atoms with Gasteiger partial charge in [-0.25, -0.2) is 4.39 Å². The van der Waals surface area contributed by atoms with Gasteiger partial charge in [0, 0.05) is 12.7 Å². The van der Waals surface area contributed by atoms with Crippen LogP contribution in [0.2, 0.25) is 0 Å². The highest BCUT2D eigenvalue weighted by molar-refractivity contribution is 5.14. The molecule has 1 aromatic rings. The predicted octanol–water partition coefficient (Wildman–Crippen LogP) is 2.96. The maximum absolute atomic E-state index is 13.2. The molecule has 0 aliphatic rings. The van der Waals surface area contributed by atoms with E-state index in [0.29, 0.717) is 5.69 Å². The molecule has 3 heteroatoms. The molecule has 1 rings (SSSR count). The largest absolute Gasteiger partial charge is 0.273 e. The Hall–Kier alpha value is -0.860. The Bertz CT molecular complexity index is 239. The summed E-state index contributed by atoms with van der Waals surface area (Å²) in [6.07, 6.45) is 0. The van der Waals surface area contributed by atoms with Crippen LogP contribution in [0.3, 0.4) is 0 Å². The summed E-state index contributed by atoms with van der Waals surface area (Å²) in [6.45, 7) is 8.92. The molecule has 0 radical (unpaired) electrons. The first kappa shape index (κ1) is 12.1. The van der Waals surface area contributed by atoms with Gasteiger partial charge in [0.2, 0.25) is 0 Å². The zero-order valence-electron chi connectivity index (χ0n) is 9.35. The number of nitrogens with zero attached hydrogens (tertiary/aromatic N) is 2. The molecule has 13 heavy (non-hydrogen) atoms. The van der Waals surface area contributed by atoms with Crippen LogP contribution in [-0.2, 0) is 12.7 Å². The Morgan fingerprint density at radius 1 is 1.38 bits per heavy atom. The quantitative estimate of drug-likeness (QED) is 0.659. The van der Waals surface area contributed by atoms with Gasteiger partial charge in [-0.05, 0) is 26.8 Å². The van der Waals surface area contributed by atoms with Crippen LogP contribution in [0, 0.1) is 6.92 Å². The Kier molecular flexibility index (Phi) is 4.11. The smallest absolute Gasteiger partial charge is 0.149 e. The minimum Gasteiger partial charge on any atom is -0.273 e. The summed E-state index contributed by atoms with van der Waals surface area (Å²) < 4.78 is 14.9. The summed E-state index contributed by atoms with van der Waals surface area (Å²) >= 11 is 0. The van der Waals surface area contributed by atoms with E-state index in [4.69, 9.17) is 0 Å². The standard InChI is InChI=1S/C8H13FN2.C2H6/c1-6-5-7(8(2,3)9)10-11(6)4;1-2/h5H,1-4H3;1-2H3. The second kappa shape index (κ2) is 4.40. The Balaban J connectivity index is 0.000000671. The van der Waals surface area contributed by atoms with Gasteiger partial charge in [-0.3, -0.25) is 4.68 Å². The van der Waals surface area contributed by atoms with E-state index in [-0.39, 0.29) is 0 Å². The molecule has 0 amide bonds. The molecular weight excluding hydrogens is 167 g/mol. The third-order valence-corrected chi connectivity index (χ3v) is 1.72. The molecule has 0 aliphatic carbocycles. The lowest BCUT2D eigenvalue weighted by molar-refractivity contribution is 0.213. The van der Waals surface area contributed by atoms with Gasteiger partial charge in [0.25, 0.3) is 0 Å². The molecule has 76 valence electrons. The van der Waals surface area contributed by atoms with E-state index in [1.807, 2.05) is 27.8 Å². The summed E-state index contributed by atoms with van der Waals surface area (Å²) in [6, 6.07) is 1.76. The lowest BCUT2D eigenvalue weighted by Gasteiger charge is -2.08. The number of hydrogen-bond donors (Lipinski definition) is 0. The molecule has 0 bridgehead atoms. The minimum atomic E-state index is -1.33. The van der Waals surface area contributed by atoms with Gasteiger partial charge in [-0.1, -0.05) is 13.8 Å². The summed E-state index contributed by atoms with van der Waals surface area (Å²) in [4.78, 5) is 0. The number of aromatic nitrogens is 2. The highest BCUT2D eigenvalue weighted by Crippen LogP contribution is 2.22. The molecular formula is C10H19FN2. The van der Waals surface area contributed by atoms with Gasteiger partial charge >= 0.3 is 0 Å². The van der Waals surface area contributed by atoms with Crippen molar-refractivity contribution in [2.45, 2.75) is 40.3 Å². The highest BCUT2D eigenvalue weighted by atomic mass is 19.1. The molecule has 0 fully saturated rings. The van der Waals surface area contributed by atoms with E-state index in [1.54, 1.807) is 10.7 Å². The van der Waals surface area contributed by atoms with Crippen molar-refractivity contribution in [1.82, 2.24) is 9.78 Å². The van der Waals surface area contributed by atoms with Gasteiger partial charge in [0.05, 0.1) is 5.69 Å². The van der Waals surface area contributed by atoms with E-state index < -0.39 is 5.67 Å². The third-order valence-electron chi connectivity index (χ3n) is 1.72. The average molecular weight is 186 g/mol. The first-order valence-electron chi connectivity index (χ1n) is 4.61. The number of halogens is 1. The van der Waals surface area contributed by atoms with Crippen molar-refractivity contribution >= 4 is 0 Å². The van der Waals surface area contributed by atoms with Gasteiger partial charge < -0.3 is 0 Å². The molecule has 0 saturated carbocycles. The van der Waals surface area contributed by atoms with E-state index in [0.717, 1.165) is 5.69 Å². The maximum Gasteiger partial charge on any atom is 0.149 e. The Labute approximate surface area is 79.8 Å². The number of aryl methyl sites for hydroxylation is 2. The molecule has 0 N–H and O–H groups in total. The zero-order valence-corrected chi connectivity index (χ0v) is 9.35. The normalized spacial score (nSPS) is 10.7. The summed E-state index contributed by atoms with van der Waals surface area (Å²) in [5, 5.41) is 4.02. The average Bonchev–Trinajstić information content (AvgIpc) is 2.35. The van der Waals surface area contributed by atoms with E-state index in [2.05, 4.69) is 5.10 Å². The van der Waals surface area contributed by atoms with Gasteiger partial charge in [0.15, 0.2) is 0 Å². The maximum atomic E-state index is 13.2. The fourth-order valence-electron chi connectivity index (χ4n) is 0.851.